The van der Waals surface area contributed by atoms with E-state index >= 15 is 0 Å². The third kappa shape index (κ3) is 3.77. The third-order valence-electron chi connectivity index (χ3n) is 5.60. The third-order valence-corrected chi connectivity index (χ3v) is 6.12. The van der Waals surface area contributed by atoms with Gasteiger partial charge in [0.25, 0.3) is 5.91 Å². The van der Waals surface area contributed by atoms with Crippen LogP contribution in [0.4, 0.5) is 4.79 Å². The first-order valence-electron chi connectivity index (χ1n) is 9.81. The molecule has 1 heterocycles. The second kappa shape index (κ2) is 8.28. The maximum atomic E-state index is 13.3. The van der Waals surface area contributed by atoms with Gasteiger partial charge in [0.1, 0.15) is 29.7 Å². The van der Waals surface area contributed by atoms with Crippen LogP contribution >= 0.6 is 15.9 Å². The number of carbonyl (C=O) groups excluding carboxylic acids is 2. The predicted molar refractivity (Wildman–Crippen MR) is 113 cm³/mol. The normalized spacial score (nSPS) is 21.4. The van der Waals surface area contributed by atoms with Crippen molar-refractivity contribution < 1.29 is 24.2 Å². The first-order valence-corrected chi connectivity index (χ1v) is 10.6. The number of halogens is 1. The van der Waals surface area contributed by atoms with Crippen molar-refractivity contribution in [2.75, 3.05) is 20.3 Å². The monoisotopic (exact) mass is 474 g/mol. The van der Waals surface area contributed by atoms with E-state index < -0.39 is 17.7 Å². The van der Waals surface area contributed by atoms with Crippen molar-refractivity contribution in [2.24, 2.45) is 0 Å². The van der Waals surface area contributed by atoms with Crippen molar-refractivity contribution in [2.45, 2.75) is 30.9 Å². The van der Waals surface area contributed by atoms with Crippen molar-refractivity contribution in [1.82, 2.24) is 10.2 Å². The molecule has 0 aromatic heterocycles. The second-order valence-electron chi connectivity index (χ2n) is 7.55. The highest BCUT2D eigenvalue weighted by Crippen LogP contribution is 2.41. The summed E-state index contributed by atoms with van der Waals surface area (Å²) in [5, 5.41) is 13.3. The molecule has 1 aliphatic heterocycles. The number of β-amino-alcohol motifs (C(OH)–C–C–N with tert-alkyl or cyclic N) is 1. The lowest BCUT2D eigenvalue weighted by molar-refractivity contribution is -0.133. The fourth-order valence-corrected chi connectivity index (χ4v) is 4.39. The molecular formula is C22H23BrN2O5. The van der Waals surface area contributed by atoms with Crippen LogP contribution in [0.15, 0.2) is 46.9 Å². The van der Waals surface area contributed by atoms with Gasteiger partial charge in [0.15, 0.2) is 0 Å². The molecule has 2 aromatic rings. The Hall–Kier alpha value is -2.58. The number of hydrogen-bond donors (Lipinski definition) is 2. The number of carbonyl (C=O) groups is 2. The molecule has 3 amide bonds. The van der Waals surface area contributed by atoms with Gasteiger partial charge in [-0.2, -0.15) is 0 Å². The SMILES string of the molecule is COc1ccc2c(c1)CCC[C@@]21NC(=O)N(C[C@@H](O)COc2ccc(Br)cc2)C1=O. The summed E-state index contributed by atoms with van der Waals surface area (Å²) >= 11 is 3.35. The van der Waals surface area contributed by atoms with E-state index in [9.17, 15) is 14.7 Å². The molecule has 2 atom stereocenters. The summed E-state index contributed by atoms with van der Waals surface area (Å²) in [6, 6.07) is 12.3. The van der Waals surface area contributed by atoms with Crippen molar-refractivity contribution >= 4 is 27.9 Å². The van der Waals surface area contributed by atoms with E-state index in [1.54, 1.807) is 25.3 Å². The topological polar surface area (TPSA) is 88.1 Å². The van der Waals surface area contributed by atoms with Gasteiger partial charge in [0.05, 0.1) is 13.7 Å². The highest BCUT2D eigenvalue weighted by Gasteiger charge is 2.54. The Bertz CT molecular complexity index is 965. The van der Waals surface area contributed by atoms with Gasteiger partial charge in [0.2, 0.25) is 0 Å². The molecule has 7 nitrogen and oxygen atoms in total. The van der Waals surface area contributed by atoms with Gasteiger partial charge in [-0.15, -0.1) is 0 Å². The van der Waals surface area contributed by atoms with Gasteiger partial charge in [-0.05, 0) is 66.8 Å². The van der Waals surface area contributed by atoms with Gasteiger partial charge < -0.3 is 19.9 Å². The van der Waals surface area contributed by atoms with Crippen LogP contribution in [0.1, 0.15) is 24.0 Å². The predicted octanol–water partition coefficient (Wildman–Crippen LogP) is 2.98. The molecule has 0 radical (unpaired) electrons. The van der Waals surface area contributed by atoms with Gasteiger partial charge in [-0.1, -0.05) is 22.0 Å². The average molecular weight is 475 g/mol. The maximum Gasteiger partial charge on any atom is 0.325 e. The number of rotatable bonds is 6. The summed E-state index contributed by atoms with van der Waals surface area (Å²) in [6.07, 6.45) is 1.12. The number of nitrogens with one attached hydrogen (secondary N) is 1. The lowest BCUT2D eigenvalue weighted by Gasteiger charge is -2.33. The average Bonchev–Trinajstić information content (AvgIpc) is 2.98. The molecule has 2 N–H and O–H groups in total. The molecular weight excluding hydrogens is 452 g/mol. The van der Waals surface area contributed by atoms with Crippen LogP contribution in [0.2, 0.25) is 0 Å². The minimum atomic E-state index is -1.08. The van der Waals surface area contributed by atoms with Gasteiger partial charge in [0, 0.05) is 4.47 Å². The Kier molecular flexibility index (Phi) is 5.71. The minimum absolute atomic E-state index is 0.0283. The summed E-state index contributed by atoms with van der Waals surface area (Å²) in [4.78, 5) is 27.1. The lowest BCUT2D eigenvalue weighted by atomic mass is 9.76. The van der Waals surface area contributed by atoms with Crippen LogP contribution in [0.25, 0.3) is 0 Å². The van der Waals surface area contributed by atoms with E-state index in [1.807, 2.05) is 24.3 Å². The fourth-order valence-electron chi connectivity index (χ4n) is 4.13. The van der Waals surface area contributed by atoms with Crippen LogP contribution < -0.4 is 14.8 Å². The number of aliphatic hydroxyl groups excluding tert-OH is 1. The van der Waals surface area contributed by atoms with Gasteiger partial charge in [-0.25, -0.2) is 4.79 Å². The fraction of sp³-hybridized carbons (Fsp3) is 0.364. The number of hydrogen-bond acceptors (Lipinski definition) is 5. The summed E-state index contributed by atoms with van der Waals surface area (Å²) in [6.45, 7) is -0.159. The molecule has 158 valence electrons. The number of ether oxygens (including phenoxy) is 2. The smallest absolute Gasteiger partial charge is 0.325 e. The summed E-state index contributed by atoms with van der Waals surface area (Å²) < 4.78 is 11.8. The van der Waals surface area contributed by atoms with Gasteiger partial charge in [-0.3, -0.25) is 9.69 Å². The van der Waals surface area contributed by atoms with E-state index in [4.69, 9.17) is 9.47 Å². The molecule has 0 bridgehead atoms. The Morgan fingerprint density at radius 2 is 1.93 bits per heavy atom. The number of benzene rings is 2. The van der Waals surface area contributed by atoms with E-state index in [2.05, 4.69) is 21.2 Å². The molecule has 8 heteroatoms. The molecule has 2 aromatic carbocycles. The molecule has 30 heavy (non-hydrogen) atoms. The molecule has 2 aliphatic rings. The number of imide groups is 1. The molecule has 1 saturated heterocycles. The summed E-state index contributed by atoms with van der Waals surface area (Å²) in [5.74, 6) is 0.988. The first-order chi connectivity index (χ1) is 14.4. The zero-order valence-electron chi connectivity index (χ0n) is 16.6. The highest BCUT2D eigenvalue weighted by atomic mass is 79.9. The molecule has 1 spiro atoms. The van der Waals surface area contributed by atoms with Crippen LogP contribution in [0.5, 0.6) is 11.5 Å². The Morgan fingerprint density at radius 3 is 2.67 bits per heavy atom. The molecule has 4 rings (SSSR count). The lowest BCUT2D eigenvalue weighted by Crippen LogP contribution is -2.47. The zero-order valence-corrected chi connectivity index (χ0v) is 18.1. The van der Waals surface area contributed by atoms with E-state index in [1.165, 1.54) is 0 Å². The molecule has 0 unspecified atom stereocenters. The number of nitrogens with zero attached hydrogens (tertiary/aromatic N) is 1. The van der Waals surface area contributed by atoms with Crippen LogP contribution in [0.3, 0.4) is 0 Å². The summed E-state index contributed by atoms with van der Waals surface area (Å²) in [5.41, 5.74) is 0.717. The van der Waals surface area contributed by atoms with Crippen molar-refractivity contribution in [3.8, 4) is 11.5 Å². The standard InChI is InChI=1S/C22H23BrN2O5/c1-29-18-8-9-19-14(11-18)3-2-10-22(19)20(27)25(21(28)24-22)12-16(26)13-30-17-6-4-15(23)5-7-17/h4-9,11,16,26H,2-3,10,12-13H2,1H3,(H,24,28)/t16-,22-/m1/s1. The van der Waals surface area contributed by atoms with Crippen LogP contribution in [-0.2, 0) is 16.8 Å². The number of aliphatic hydroxyl groups is 1. The second-order valence-corrected chi connectivity index (χ2v) is 8.46. The number of methoxy groups -OCH3 is 1. The molecule has 1 fully saturated rings. The molecule has 1 aliphatic carbocycles. The van der Waals surface area contributed by atoms with Crippen LogP contribution in [0, 0.1) is 0 Å². The van der Waals surface area contributed by atoms with E-state index in [0.29, 0.717) is 12.2 Å². The number of fused-ring (bicyclic) bond motifs is 2. The number of urea groups is 1. The quantitative estimate of drug-likeness (QED) is 0.628. The van der Waals surface area contributed by atoms with E-state index in [0.717, 1.165) is 39.1 Å². The summed E-state index contributed by atoms with van der Waals surface area (Å²) in [7, 11) is 1.60. The first kappa shape index (κ1) is 20.7. The van der Waals surface area contributed by atoms with Crippen molar-refractivity contribution in [3.05, 3.63) is 58.1 Å². The Morgan fingerprint density at radius 1 is 1.20 bits per heavy atom. The van der Waals surface area contributed by atoms with Gasteiger partial charge >= 0.3 is 6.03 Å². The molecule has 0 saturated carbocycles. The number of aryl methyl sites for hydroxylation is 1. The van der Waals surface area contributed by atoms with E-state index in [-0.39, 0.29) is 19.1 Å². The van der Waals surface area contributed by atoms with Crippen molar-refractivity contribution in [1.29, 1.82) is 0 Å². The van der Waals surface area contributed by atoms with Crippen molar-refractivity contribution in [3.63, 3.8) is 0 Å². The maximum absolute atomic E-state index is 13.3. The highest BCUT2D eigenvalue weighted by molar-refractivity contribution is 9.10. The number of amides is 3. The van der Waals surface area contributed by atoms with Crippen LogP contribution in [-0.4, -0.2) is 48.3 Å². The minimum Gasteiger partial charge on any atom is -0.497 e. The zero-order chi connectivity index (χ0) is 21.3. The largest absolute Gasteiger partial charge is 0.497 e. The Balaban J connectivity index is 1.47. The Labute approximate surface area is 183 Å².